The van der Waals surface area contributed by atoms with Crippen LogP contribution in [0.1, 0.15) is 31.2 Å². The Bertz CT molecular complexity index is 545. The van der Waals surface area contributed by atoms with Gasteiger partial charge in [-0.25, -0.2) is 0 Å². The summed E-state index contributed by atoms with van der Waals surface area (Å²) in [6, 6.07) is 10.2. The molecule has 2 heterocycles. The molecule has 1 amide bonds. The van der Waals surface area contributed by atoms with Gasteiger partial charge in [0.1, 0.15) is 0 Å². The average Bonchev–Trinajstić information content (AvgIpc) is 3.15. The molecule has 2 N–H and O–H groups in total. The summed E-state index contributed by atoms with van der Waals surface area (Å²) in [6.07, 6.45) is 4.85. The Balaban J connectivity index is 1.44. The van der Waals surface area contributed by atoms with Gasteiger partial charge >= 0.3 is 0 Å². The Morgan fingerprint density at radius 2 is 1.80 bits per heavy atom. The van der Waals surface area contributed by atoms with E-state index in [0.29, 0.717) is 19.5 Å². The molecule has 25 heavy (non-hydrogen) atoms. The fraction of sp³-hybridized carbons (Fsp3) is 0.650. The zero-order valence-electron chi connectivity index (χ0n) is 15.1. The summed E-state index contributed by atoms with van der Waals surface area (Å²) < 4.78 is 0. The molecule has 5 nitrogen and oxygen atoms in total. The predicted molar refractivity (Wildman–Crippen MR) is 99.5 cm³/mol. The van der Waals surface area contributed by atoms with Gasteiger partial charge in [0.25, 0.3) is 5.91 Å². The van der Waals surface area contributed by atoms with Crippen LogP contribution in [-0.2, 0) is 11.2 Å². The largest absolute Gasteiger partial charge is 0.379 e. The maximum atomic E-state index is 12.7. The molecule has 1 aromatic carbocycles. The first-order chi connectivity index (χ1) is 12.2. The zero-order valence-corrected chi connectivity index (χ0v) is 15.1. The molecule has 138 valence electrons. The normalized spacial score (nSPS) is 24.8. The molecular weight excluding hydrogens is 314 g/mol. The van der Waals surface area contributed by atoms with Gasteiger partial charge in [0.2, 0.25) is 0 Å². The number of piperidine rings is 1. The van der Waals surface area contributed by atoms with Gasteiger partial charge in [-0.1, -0.05) is 30.3 Å². The van der Waals surface area contributed by atoms with Crippen molar-refractivity contribution in [1.82, 2.24) is 15.1 Å². The molecule has 0 radical (unpaired) electrons. The molecule has 2 aliphatic heterocycles. The highest BCUT2D eigenvalue weighted by atomic mass is 16.3. The quantitative estimate of drug-likeness (QED) is 0.697. The van der Waals surface area contributed by atoms with E-state index in [0.717, 1.165) is 32.5 Å². The molecule has 0 saturated carbocycles. The molecule has 1 aromatic rings. The number of nitrogens with zero attached hydrogens (tertiary/aromatic N) is 2. The fourth-order valence-corrected chi connectivity index (χ4v) is 3.89. The SMILES string of the molecule is O=C1N(CCc2ccccc2)CCC[C@@]1(O)CNCCN1CCCC1. The monoisotopic (exact) mass is 345 g/mol. The van der Waals surface area contributed by atoms with Crippen LogP contribution in [0.15, 0.2) is 30.3 Å². The van der Waals surface area contributed by atoms with Crippen molar-refractivity contribution in [1.29, 1.82) is 0 Å². The van der Waals surface area contributed by atoms with Gasteiger partial charge in [0.15, 0.2) is 5.60 Å². The molecule has 0 spiro atoms. The Morgan fingerprint density at radius 1 is 1.04 bits per heavy atom. The number of nitrogens with one attached hydrogen (secondary N) is 1. The van der Waals surface area contributed by atoms with E-state index in [9.17, 15) is 9.90 Å². The zero-order chi connectivity index (χ0) is 17.5. The lowest BCUT2D eigenvalue weighted by molar-refractivity contribution is -0.156. The van der Waals surface area contributed by atoms with Crippen molar-refractivity contribution >= 4 is 5.91 Å². The summed E-state index contributed by atoms with van der Waals surface area (Å²) in [5, 5.41) is 14.1. The predicted octanol–water partition coefficient (Wildman–Crippen LogP) is 1.27. The summed E-state index contributed by atoms with van der Waals surface area (Å²) in [7, 11) is 0. The minimum absolute atomic E-state index is 0.108. The van der Waals surface area contributed by atoms with Crippen LogP contribution in [0.25, 0.3) is 0 Å². The highest BCUT2D eigenvalue weighted by Crippen LogP contribution is 2.22. The van der Waals surface area contributed by atoms with Crippen molar-refractivity contribution in [3.8, 4) is 0 Å². The lowest BCUT2D eigenvalue weighted by Crippen LogP contribution is -2.58. The Labute approximate surface area is 151 Å². The molecular formula is C20H31N3O2. The Morgan fingerprint density at radius 3 is 2.56 bits per heavy atom. The average molecular weight is 345 g/mol. The van der Waals surface area contributed by atoms with E-state index in [4.69, 9.17) is 0 Å². The van der Waals surface area contributed by atoms with Crippen molar-refractivity contribution < 1.29 is 9.90 Å². The van der Waals surface area contributed by atoms with Crippen molar-refractivity contribution in [3.05, 3.63) is 35.9 Å². The maximum absolute atomic E-state index is 12.7. The standard InChI is InChI=1S/C20H31N3O2/c24-19-20(25,17-21-11-16-22-12-4-5-13-22)10-6-14-23(19)15-9-18-7-2-1-3-8-18/h1-3,7-8,21,25H,4-6,9-17H2/t20-/m1/s1. The third-order valence-corrected chi connectivity index (χ3v) is 5.44. The van der Waals surface area contributed by atoms with E-state index in [-0.39, 0.29) is 5.91 Å². The summed E-state index contributed by atoms with van der Waals surface area (Å²) >= 11 is 0. The first-order valence-corrected chi connectivity index (χ1v) is 9.66. The van der Waals surface area contributed by atoms with Gasteiger partial charge in [-0.3, -0.25) is 4.79 Å². The van der Waals surface area contributed by atoms with Crippen LogP contribution in [0.4, 0.5) is 0 Å². The lowest BCUT2D eigenvalue weighted by atomic mass is 9.91. The summed E-state index contributed by atoms with van der Waals surface area (Å²) in [5.74, 6) is -0.108. The molecule has 1 atom stereocenters. The van der Waals surface area contributed by atoms with E-state index in [2.05, 4.69) is 22.3 Å². The molecule has 5 heteroatoms. The van der Waals surface area contributed by atoms with Crippen LogP contribution in [0, 0.1) is 0 Å². The fourth-order valence-electron chi connectivity index (χ4n) is 3.89. The van der Waals surface area contributed by atoms with Crippen LogP contribution < -0.4 is 5.32 Å². The van der Waals surface area contributed by atoms with Crippen LogP contribution in [0.5, 0.6) is 0 Å². The Kier molecular flexibility index (Phi) is 6.45. The number of carbonyl (C=O) groups excluding carboxylic acids is 1. The van der Waals surface area contributed by atoms with Gasteiger partial charge in [0.05, 0.1) is 0 Å². The second-order valence-electron chi connectivity index (χ2n) is 7.39. The van der Waals surface area contributed by atoms with Gasteiger partial charge in [-0.05, 0) is 50.8 Å². The first-order valence-electron chi connectivity index (χ1n) is 9.66. The van der Waals surface area contributed by atoms with E-state index < -0.39 is 5.60 Å². The third-order valence-electron chi connectivity index (χ3n) is 5.44. The van der Waals surface area contributed by atoms with Crippen LogP contribution in [0.3, 0.4) is 0 Å². The maximum Gasteiger partial charge on any atom is 0.255 e. The molecule has 0 unspecified atom stereocenters. The minimum Gasteiger partial charge on any atom is -0.379 e. The second-order valence-corrected chi connectivity index (χ2v) is 7.39. The lowest BCUT2D eigenvalue weighted by Gasteiger charge is -2.38. The smallest absolute Gasteiger partial charge is 0.255 e. The number of aliphatic hydroxyl groups is 1. The molecule has 0 aromatic heterocycles. The molecule has 2 fully saturated rings. The van der Waals surface area contributed by atoms with Gasteiger partial charge in [-0.15, -0.1) is 0 Å². The van der Waals surface area contributed by atoms with Crippen molar-refractivity contribution in [2.24, 2.45) is 0 Å². The molecule has 2 saturated heterocycles. The molecule has 3 rings (SSSR count). The van der Waals surface area contributed by atoms with Gasteiger partial charge < -0.3 is 20.2 Å². The van der Waals surface area contributed by atoms with Gasteiger partial charge in [0, 0.05) is 32.7 Å². The van der Waals surface area contributed by atoms with Crippen LogP contribution in [0.2, 0.25) is 0 Å². The van der Waals surface area contributed by atoms with Crippen LogP contribution in [-0.4, -0.2) is 72.2 Å². The van der Waals surface area contributed by atoms with E-state index in [1.54, 1.807) is 0 Å². The summed E-state index contributed by atoms with van der Waals surface area (Å²) in [4.78, 5) is 17.0. The number of likely N-dealkylation sites (tertiary alicyclic amines) is 2. The molecule has 0 bridgehead atoms. The van der Waals surface area contributed by atoms with Crippen LogP contribution >= 0.6 is 0 Å². The number of hydrogen-bond acceptors (Lipinski definition) is 4. The summed E-state index contributed by atoms with van der Waals surface area (Å²) in [6.45, 7) is 5.99. The number of benzene rings is 1. The third kappa shape index (κ3) is 5.03. The highest BCUT2D eigenvalue weighted by molar-refractivity contribution is 5.86. The second kappa shape index (κ2) is 8.79. The number of carbonyl (C=O) groups is 1. The van der Waals surface area contributed by atoms with E-state index >= 15 is 0 Å². The van der Waals surface area contributed by atoms with E-state index in [1.165, 1.54) is 31.5 Å². The van der Waals surface area contributed by atoms with Crippen molar-refractivity contribution in [2.45, 2.75) is 37.7 Å². The van der Waals surface area contributed by atoms with Crippen molar-refractivity contribution in [3.63, 3.8) is 0 Å². The Hall–Kier alpha value is -1.43. The highest BCUT2D eigenvalue weighted by Gasteiger charge is 2.41. The topological polar surface area (TPSA) is 55.8 Å². The van der Waals surface area contributed by atoms with Gasteiger partial charge in [-0.2, -0.15) is 0 Å². The number of amides is 1. The number of hydrogen-bond donors (Lipinski definition) is 2. The van der Waals surface area contributed by atoms with E-state index in [1.807, 2.05) is 23.1 Å². The van der Waals surface area contributed by atoms with Crippen molar-refractivity contribution in [2.75, 3.05) is 45.8 Å². The summed E-state index contributed by atoms with van der Waals surface area (Å²) in [5.41, 5.74) is -0.00639. The first kappa shape index (κ1) is 18.4. The molecule has 2 aliphatic rings. The minimum atomic E-state index is -1.24. The number of rotatable bonds is 8. The molecule has 0 aliphatic carbocycles.